The van der Waals surface area contributed by atoms with Crippen molar-refractivity contribution in [2.75, 3.05) is 0 Å². The molecule has 2 rings (SSSR count). The molecule has 3 heteroatoms. The standard InChI is InChI=1S/C16H27N3/c1-11(2)13-4-6-14(7-5-13)16-18-9-8-15(19-16)10-12(3)17/h8-9,11-14H,4-7,10,17H2,1-3H3. The third-order valence-electron chi connectivity index (χ3n) is 4.34. The van der Waals surface area contributed by atoms with E-state index in [1.807, 2.05) is 19.2 Å². The summed E-state index contributed by atoms with van der Waals surface area (Å²) in [7, 11) is 0. The Morgan fingerprint density at radius 3 is 2.47 bits per heavy atom. The zero-order valence-corrected chi connectivity index (χ0v) is 12.5. The van der Waals surface area contributed by atoms with Crippen molar-refractivity contribution in [3.8, 4) is 0 Å². The van der Waals surface area contributed by atoms with Crippen LogP contribution in [0.2, 0.25) is 0 Å². The Bertz CT molecular complexity index is 393. The van der Waals surface area contributed by atoms with Crippen LogP contribution in [0, 0.1) is 11.8 Å². The Morgan fingerprint density at radius 2 is 1.89 bits per heavy atom. The molecule has 0 spiro atoms. The summed E-state index contributed by atoms with van der Waals surface area (Å²) < 4.78 is 0. The minimum absolute atomic E-state index is 0.166. The van der Waals surface area contributed by atoms with Gasteiger partial charge >= 0.3 is 0 Å². The van der Waals surface area contributed by atoms with E-state index in [4.69, 9.17) is 10.7 Å². The first-order chi connectivity index (χ1) is 9.06. The van der Waals surface area contributed by atoms with Crippen molar-refractivity contribution in [1.29, 1.82) is 0 Å². The van der Waals surface area contributed by atoms with Crippen molar-refractivity contribution < 1.29 is 0 Å². The maximum atomic E-state index is 5.84. The molecule has 19 heavy (non-hydrogen) atoms. The van der Waals surface area contributed by atoms with Crippen LogP contribution in [0.4, 0.5) is 0 Å². The first-order valence-electron chi connectivity index (χ1n) is 7.63. The summed E-state index contributed by atoms with van der Waals surface area (Å²) in [5, 5.41) is 0. The van der Waals surface area contributed by atoms with E-state index in [0.717, 1.165) is 29.8 Å². The van der Waals surface area contributed by atoms with Gasteiger partial charge in [0.1, 0.15) is 5.82 Å². The fraction of sp³-hybridized carbons (Fsp3) is 0.750. The molecule has 1 unspecified atom stereocenters. The van der Waals surface area contributed by atoms with Gasteiger partial charge in [-0.2, -0.15) is 0 Å². The summed E-state index contributed by atoms with van der Waals surface area (Å²) in [6.45, 7) is 6.70. The molecule has 1 aliphatic rings. The van der Waals surface area contributed by atoms with Crippen LogP contribution in [0.25, 0.3) is 0 Å². The number of hydrogen-bond donors (Lipinski definition) is 1. The molecule has 1 saturated carbocycles. The number of hydrogen-bond acceptors (Lipinski definition) is 3. The van der Waals surface area contributed by atoms with E-state index in [1.54, 1.807) is 0 Å². The largest absolute Gasteiger partial charge is 0.328 e. The highest BCUT2D eigenvalue weighted by molar-refractivity contribution is 5.07. The Hall–Kier alpha value is -0.960. The van der Waals surface area contributed by atoms with Crippen LogP contribution in [-0.2, 0) is 6.42 Å². The number of rotatable bonds is 4. The molecule has 1 heterocycles. The molecule has 1 aromatic heterocycles. The van der Waals surface area contributed by atoms with E-state index in [9.17, 15) is 0 Å². The van der Waals surface area contributed by atoms with E-state index < -0.39 is 0 Å². The molecule has 0 amide bonds. The highest BCUT2D eigenvalue weighted by Gasteiger charge is 2.25. The van der Waals surface area contributed by atoms with Gasteiger partial charge in [-0.25, -0.2) is 9.97 Å². The minimum Gasteiger partial charge on any atom is -0.328 e. The fourth-order valence-electron chi connectivity index (χ4n) is 3.10. The van der Waals surface area contributed by atoms with E-state index >= 15 is 0 Å². The summed E-state index contributed by atoms with van der Waals surface area (Å²) in [6.07, 6.45) is 7.87. The van der Waals surface area contributed by atoms with Crippen molar-refractivity contribution in [3.05, 3.63) is 23.8 Å². The first kappa shape index (κ1) is 14.4. The molecular weight excluding hydrogens is 234 g/mol. The number of nitrogens with two attached hydrogens (primary N) is 1. The summed E-state index contributed by atoms with van der Waals surface area (Å²) in [5.41, 5.74) is 6.93. The summed E-state index contributed by atoms with van der Waals surface area (Å²) in [4.78, 5) is 9.20. The molecule has 1 aromatic rings. The minimum atomic E-state index is 0.166. The average molecular weight is 261 g/mol. The lowest BCUT2D eigenvalue weighted by Crippen LogP contribution is -2.21. The third-order valence-corrected chi connectivity index (χ3v) is 4.34. The van der Waals surface area contributed by atoms with Crippen LogP contribution in [-0.4, -0.2) is 16.0 Å². The van der Waals surface area contributed by atoms with Crippen molar-refractivity contribution >= 4 is 0 Å². The van der Waals surface area contributed by atoms with Gasteiger partial charge in [-0.15, -0.1) is 0 Å². The Labute approximate surface area is 117 Å². The molecule has 2 N–H and O–H groups in total. The van der Waals surface area contributed by atoms with Gasteiger partial charge in [0.25, 0.3) is 0 Å². The monoisotopic (exact) mass is 261 g/mol. The quantitative estimate of drug-likeness (QED) is 0.904. The number of nitrogens with zero attached hydrogens (tertiary/aromatic N) is 2. The van der Waals surface area contributed by atoms with Crippen LogP contribution in [0.15, 0.2) is 12.3 Å². The topological polar surface area (TPSA) is 51.8 Å². The second-order valence-electron chi connectivity index (χ2n) is 6.44. The lowest BCUT2D eigenvalue weighted by molar-refractivity contribution is 0.254. The lowest BCUT2D eigenvalue weighted by atomic mass is 9.77. The van der Waals surface area contributed by atoms with Crippen LogP contribution in [0.3, 0.4) is 0 Å². The predicted octanol–water partition coefficient (Wildman–Crippen LogP) is 3.30. The second kappa shape index (κ2) is 6.47. The predicted molar refractivity (Wildman–Crippen MR) is 78.9 cm³/mol. The van der Waals surface area contributed by atoms with Crippen molar-refractivity contribution in [1.82, 2.24) is 9.97 Å². The smallest absolute Gasteiger partial charge is 0.131 e. The SMILES string of the molecule is CC(N)Cc1ccnc(C2CCC(C(C)C)CC2)n1. The second-order valence-corrected chi connectivity index (χ2v) is 6.44. The van der Waals surface area contributed by atoms with Gasteiger partial charge in [0.2, 0.25) is 0 Å². The normalized spacial score (nSPS) is 25.5. The molecule has 106 valence electrons. The van der Waals surface area contributed by atoms with E-state index in [1.165, 1.54) is 25.7 Å². The van der Waals surface area contributed by atoms with Crippen molar-refractivity contribution in [2.24, 2.45) is 17.6 Å². The molecular formula is C16H27N3. The van der Waals surface area contributed by atoms with Gasteiger partial charge in [-0.3, -0.25) is 0 Å². The van der Waals surface area contributed by atoms with Gasteiger partial charge in [-0.05, 0) is 50.5 Å². The summed E-state index contributed by atoms with van der Waals surface area (Å²) in [5.74, 6) is 3.30. The van der Waals surface area contributed by atoms with E-state index in [-0.39, 0.29) is 6.04 Å². The molecule has 3 nitrogen and oxygen atoms in total. The zero-order valence-electron chi connectivity index (χ0n) is 12.5. The van der Waals surface area contributed by atoms with Crippen molar-refractivity contribution in [2.45, 2.75) is 64.8 Å². The summed E-state index contributed by atoms with van der Waals surface area (Å²) >= 11 is 0. The molecule has 0 aromatic carbocycles. The van der Waals surface area contributed by atoms with Crippen LogP contribution >= 0.6 is 0 Å². The Morgan fingerprint density at radius 1 is 1.21 bits per heavy atom. The van der Waals surface area contributed by atoms with Gasteiger partial charge < -0.3 is 5.73 Å². The zero-order chi connectivity index (χ0) is 13.8. The summed E-state index contributed by atoms with van der Waals surface area (Å²) in [6, 6.07) is 2.16. The van der Waals surface area contributed by atoms with Crippen LogP contribution in [0.1, 0.15) is 63.9 Å². The lowest BCUT2D eigenvalue weighted by Gasteiger charge is -2.30. The highest BCUT2D eigenvalue weighted by atomic mass is 14.9. The van der Waals surface area contributed by atoms with Gasteiger partial charge in [-0.1, -0.05) is 13.8 Å². The Balaban J connectivity index is 1.99. The van der Waals surface area contributed by atoms with E-state index in [0.29, 0.717) is 5.92 Å². The number of aromatic nitrogens is 2. The fourth-order valence-corrected chi connectivity index (χ4v) is 3.10. The van der Waals surface area contributed by atoms with Crippen LogP contribution < -0.4 is 5.73 Å². The van der Waals surface area contributed by atoms with Gasteiger partial charge in [0.05, 0.1) is 0 Å². The van der Waals surface area contributed by atoms with E-state index in [2.05, 4.69) is 18.8 Å². The van der Waals surface area contributed by atoms with Gasteiger partial charge in [0.15, 0.2) is 0 Å². The first-order valence-corrected chi connectivity index (χ1v) is 7.63. The molecule has 0 bridgehead atoms. The highest BCUT2D eigenvalue weighted by Crippen LogP contribution is 2.37. The third kappa shape index (κ3) is 4.00. The maximum Gasteiger partial charge on any atom is 0.131 e. The van der Waals surface area contributed by atoms with Crippen LogP contribution in [0.5, 0.6) is 0 Å². The van der Waals surface area contributed by atoms with Crippen molar-refractivity contribution in [3.63, 3.8) is 0 Å². The maximum absolute atomic E-state index is 5.84. The van der Waals surface area contributed by atoms with Gasteiger partial charge in [0, 0.05) is 30.3 Å². The Kier molecular flexibility index (Phi) is 4.92. The molecule has 0 radical (unpaired) electrons. The molecule has 1 aliphatic carbocycles. The molecule has 0 aliphatic heterocycles. The molecule has 1 atom stereocenters. The average Bonchev–Trinajstić information content (AvgIpc) is 2.38. The molecule has 0 saturated heterocycles. The molecule has 1 fully saturated rings.